The number of halogens is 1. The zero-order chi connectivity index (χ0) is 13.7. The molecule has 1 aromatic heterocycles. The van der Waals surface area contributed by atoms with Gasteiger partial charge in [0, 0.05) is 19.1 Å². The first-order valence-electron chi connectivity index (χ1n) is 6.03. The first kappa shape index (κ1) is 14.0. The monoisotopic (exact) mass is 281 g/mol. The number of aromatic nitrogens is 2. The van der Waals surface area contributed by atoms with Gasteiger partial charge in [-0.3, -0.25) is 0 Å². The van der Waals surface area contributed by atoms with Crippen LogP contribution in [0.3, 0.4) is 0 Å². The molecule has 0 fully saturated rings. The van der Waals surface area contributed by atoms with Crippen LogP contribution in [0.4, 0.5) is 5.82 Å². The number of para-hydroxylation sites is 1. The molecule has 0 aliphatic heterocycles. The summed E-state index contributed by atoms with van der Waals surface area (Å²) < 4.78 is 5.12. The van der Waals surface area contributed by atoms with Gasteiger partial charge in [-0.15, -0.1) is 0 Å². The van der Waals surface area contributed by atoms with Gasteiger partial charge in [0.15, 0.2) is 0 Å². The van der Waals surface area contributed by atoms with Gasteiger partial charge >= 0.3 is 0 Å². The van der Waals surface area contributed by atoms with Crippen LogP contribution in [0.25, 0.3) is 10.9 Å². The van der Waals surface area contributed by atoms with Gasteiger partial charge in [0.2, 0.25) is 5.28 Å². The maximum atomic E-state index is 9.05. The molecule has 2 rings (SSSR count). The molecule has 1 atom stereocenters. The normalized spacial score (nSPS) is 12.6. The lowest BCUT2D eigenvalue weighted by Crippen LogP contribution is -2.26. The molecule has 0 bridgehead atoms. The van der Waals surface area contributed by atoms with Crippen molar-refractivity contribution < 1.29 is 9.84 Å². The molecule has 1 unspecified atom stereocenters. The van der Waals surface area contributed by atoms with E-state index >= 15 is 0 Å². The number of anilines is 1. The highest BCUT2D eigenvalue weighted by atomic mass is 35.5. The van der Waals surface area contributed by atoms with Gasteiger partial charge in [0.25, 0.3) is 0 Å². The van der Waals surface area contributed by atoms with Crippen LogP contribution >= 0.6 is 11.6 Å². The Morgan fingerprint density at radius 1 is 1.37 bits per heavy atom. The van der Waals surface area contributed by atoms with Crippen LogP contribution in [-0.4, -0.2) is 41.4 Å². The smallest absolute Gasteiger partial charge is 0.224 e. The molecule has 6 heteroatoms. The van der Waals surface area contributed by atoms with E-state index in [1.165, 1.54) is 0 Å². The minimum Gasteiger partial charge on any atom is -0.396 e. The van der Waals surface area contributed by atoms with Crippen molar-refractivity contribution in [3.05, 3.63) is 29.5 Å². The largest absolute Gasteiger partial charge is 0.396 e. The predicted octanol–water partition coefficient (Wildman–Crippen LogP) is 2.09. The number of methoxy groups -OCH3 is 1. The Morgan fingerprint density at radius 3 is 2.89 bits per heavy atom. The molecule has 2 N–H and O–H groups in total. The zero-order valence-electron chi connectivity index (χ0n) is 10.6. The summed E-state index contributed by atoms with van der Waals surface area (Å²) in [6.45, 7) is 0.564. The highest BCUT2D eigenvalue weighted by Gasteiger charge is 2.12. The van der Waals surface area contributed by atoms with E-state index in [1.807, 2.05) is 24.3 Å². The summed E-state index contributed by atoms with van der Waals surface area (Å²) in [5.74, 6) is 0.658. The molecule has 0 radical (unpaired) electrons. The van der Waals surface area contributed by atoms with Gasteiger partial charge in [-0.25, -0.2) is 9.97 Å². The number of aliphatic hydroxyl groups excluding tert-OH is 1. The zero-order valence-corrected chi connectivity index (χ0v) is 11.4. The minimum absolute atomic E-state index is 0.0237. The van der Waals surface area contributed by atoms with Crippen LogP contribution in [0.5, 0.6) is 0 Å². The average Bonchev–Trinajstić information content (AvgIpc) is 2.39. The van der Waals surface area contributed by atoms with Crippen molar-refractivity contribution in [2.24, 2.45) is 0 Å². The van der Waals surface area contributed by atoms with Gasteiger partial charge in [0.1, 0.15) is 5.82 Å². The number of ether oxygens (including phenoxy) is 1. The number of nitrogens with one attached hydrogen (secondary N) is 1. The summed E-state index contributed by atoms with van der Waals surface area (Å²) in [5.41, 5.74) is 0.783. The number of hydrogen-bond donors (Lipinski definition) is 2. The number of nitrogens with zero attached hydrogens (tertiary/aromatic N) is 2. The van der Waals surface area contributed by atoms with E-state index in [0.717, 1.165) is 10.9 Å². The third kappa shape index (κ3) is 3.53. The predicted molar refractivity (Wildman–Crippen MR) is 75.5 cm³/mol. The van der Waals surface area contributed by atoms with Crippen molar-refractivity contribution in [1.82, 2.24) is 9.97 Å². The fraction of sp³-hybridized carbons (Fsp3) is 0.385. The van der Waals surface area contributed by atoms with E-state index in [0.29, 0.717) is 18.8 Å². The van der Waals surface area contributed by atoms with E-state index in [1.54, 1.807) is 7.11 Å². The van der Waals surface area contributed by atoms with Crippen molar-refractivity contribution >= 4 is 28.3 Å². The molecule has 0 aliphatic rings. The lowest BCUT2D eigenvalue weighted by Gasteiger charge is -2.18. The van der Waals surface area contributed by atoms with Crippen LogP contribution < -0.4 is 5.32 Å². The second-order valence-corrected chi connectivity index (χ2v) is 4.51. The Hall–Kier alpha value is -1.43. The van der Waals surface area contributed by atoms with Gasteiger partial charge in [0.05, 0.1) is 18.2 Å². The number of benzene rings is 1. The summed E-state index contributed by atoms with van der Waals surface area (Å²) in [6, 6.07) is 7.60. The molecule has 0 saturated heterocycles. The Balaban J connectivity index is 2.32. The average molecular weight is 282 g/mol. The summed E-state index contributed by atoms with van der Waals surface area (Å²) in [4.78, 5) is 8.38. The van der Waals surface area contributed by atoms with Gasteiger partial charge in [-0.2, -0.15) is 0 Å². The molecule has 5 nitrogen and oxygen atoms in total. The molecular weight excluding hydrogens is 266 g/mol. The SMILES string of the molecule is COCC(CCO)Nc1nc(Cl)nc2ccccc12. The van der Waals surface area contributed by atoms with Crippen molar-refractivity contribution in [2.75, 3.05) is 25.6 Å². The second kappa shape index (κ2) is 6.65. The molecular formula is C13H16ClN3O2. The van der Waals surface area contributed by atoms with Crippen LogP contribution in [0, 0.1) is 0 Å². The maximum Gasteiger partial charge on any atom is 0.224 e. The standard InChI is InChI=1S/C13H16ClN3O2/c1-19-8-9(6-7-18)15-12-10-4-2-3-5-11(10)16-13(14)17-12/h2-5,9,18H,6-8H2,1H3,(H,15,16,17). The van der Waals surface area contributed by atoms with Crippen molar-refractivity contribution in [2.45, 2.75) is 12.5 Å². The molecule has 1 aromatic carbocycles. The molecule has 102 valence electrons. The highest BCUT2D eigenvalue weighted by molar-refractivity contribution is 6.28. The molecule has 2 aromatic rings. The van der Waals surface area contributed by atoms with E-state index in [2.05, 4.69) is 15.3 Å². The van der Waals surface area contributed by atoms with E-state index in [-0.39, 0.29) is 17.9 Å². The number of fused-ring (bicyclic) bond motifs is 1. The Bertz CT molecular complexity index is 544. The van der Waals surface area contributed by atoms with Crippen molar-refractivity contribution in [3.63, 3.8) is 0 Å². The van der Waals surface area contributed by atoms with Gasteiger partial charge < -0.3 is 15.2 Å². The topological polar surface area (TPSA) is 67.3 Å². The van der Waals surface area contributed by atoms with Crippen LogP contribution in [0.2, 0.25) is 5.28 Å². The molecule has 0 saturated carbocycles. The molecule has 19 heavy (non-hydrogen) atoms. The van der Waals surface area contributed by atoms with Gasteiger partial charge in [-0.1, -0.05) is 12.1 Å². The Morgan fingerprint density at radius 2 is 2.16 bits per heavy atom. The lowest BCUT2D eigenvalue weighted by molar-refractivity contribution is 0.170. The Kier molecular flexibility index (Phi) is 4.90. The van der Waals surface area contributed by atoms with E-state index in [9.17, 15) is 0 Å². The fourth-order valence-corrected chi connectivity index (χ4v) is 2.08. The van der Waals surface area contributed by atoms with Gasteiger partial charge in [-0.05, 0) is 30.2 Å². The first-order valence-corrected chi connectivity index (χ1v) is 6.41. The van der Waals surface area contributed by atoms with E-state index in [4.69, 9.17) is 21.4 Å². The van der Waals surface area contributed by atoms with Crippen molar-refractivity contribution in [3.8, 4) is 0 Å². The number of aliphatic hydroxyl groups is 1. The van der Waals surface area contributed by atoms with Crippen molar-refractivity contribution in [1.29, 1.82) is 0 Å². The first-order chi connectivity index (χ1) is 9.24. The molecule has 0 amide bonds. The highest BCUT2D eigenvalue weighted by Crippen LogP contribution is 2.22. The van der Waals surface area contributed by atoms with Crippen LogP contribution in [0.15, 0.2) is 24.3 Å². The summed E-state index contributed by atoms with van der Waals surface area (Å²) in [7, 11) is 1.62. The molecule has 0 spiro atoms. The summed E-state index contributed by atoms with van der Waals surface area (Å²) in [6.07, 6.45) is 0.573. The van der Waals surface area contributed by atoms with Crippen LogP contribution in [0.1, 0.15) is 6.42 Å². The van der Waals surface area contributed by atoms with E-state index < -0.39 is 0 Å². The second-order valence-electron chi connectivity index (χ2n) is 4.17. The maximum absolute atomic E-state index is 9.05. The molecule has 0 aliphatic carbocycles. The summed E-state index contributed by atoms with van der Waals surface area (Å²) >= 11 is 5.92. The fourth-order valence-electron chi connectivity index (χ4n) is 1.91. The van der Waals surface area contributed by atoms with Crippen LogP contribution in [-0.2, 0) is 4.74 Å². The Labute approximate surface area is 116 Å². The third-order valence-corrected chi connectivity index (χ3v) is 2.93. The third-order valence-electron chi connectivity index (χ3n) is 2.76. The molecule has 1 heterocycles. The number of hydrogen-bond acceptors (Lipinski definition) is 5. The minimum atomic E-state index is -0.0237. The lowest BCUT2D eigenvalue weighted by atomic mass is 10.2. The summed E-state index contributed by atoms with van der Waals surface area (Å²) in [5, 5.41) is 13.4. The quantitative estimate of drug-likeness (QED) is 0.794. The number of rotatable bonds is 6.